The number of hydrogen-bond donors (Lipinski definition) is 1. The van der Waals surface area contributed by atoms with Crippen molar-refractivity contribution in [1.82, 2.24) is 9.88 Å². The molecule has 3 rings (SSSR count). The molecule has 1 aromatic heterocycles. The number of nitrogens with one attached hydrogen (secondary N) is 1. The normalized spacial score (nSPS) is 19.7. The third-order valence-electron chi connectivity index (χ3n) is 4.67. The number of fused-ring (bicyclic) bond motifs is 1. The molecule has 0 aliphatic carbocycles. The second-order valence-electron chi connectivity index (χ2n) is 6.68. The minimum Gasteiger partial charge on any atom is -0.351 e. The molecule has 0 bridgehead atoms. The molecule has 1 saturated heterocycles. The Hall–Kier alpha value is -1.82. The van der Waals surface area contributed by atoms with Crippen LogP contribution < -0.4 is 0 Å². The molecular formula is C18H24N2O3S. The van der Waals surface area contributed by atoms with Crippen LogP contribution in [0.1, 0.15) is 42.2 Å². The van der Waals surface area contributed by atoms with E-state index in [4.69, 9.17) is 0 Å². The molecule has 1 amide bonds. The van der Waals surface area contributed by atoms with Crippen LogP contribution in [0.5, 0.6) is 0 Å². The maximum atomic E-state index is 13.0. The molecule has 2 heterocycles. The number of sulfone groups is 1. The van der Waals surface area contributed by atoms with Gasteiger partial charge in [-0.25, -0.2) is 8.42 Å². The Labute approximate surface area is 143 Å². The molecule has 1 fully saturated rings. The minimum atomic E-state index is -3.02. The number of nitrogens with zero attached hydrogens (tertiary/aromatic N) is 1. The molecule has 1 N–H and O–H groups in total. The molecule has 130 valence electrons. The van der Waals surface area contributed by atoms with Gasteiger partial charge in [0.2, 0.25) is 0 Å². The highest BCUT2D eigenvalue weighted by molar-refractivity contribution is 7.91. The van der Waals surface area contributed by atoms with Gasteiger partial charge in [-0.3, -0.25) is 4.79 Å². The third-order valence-corrected chi connectivity index (χ3v) is 6.42. The van der Waals surface area contributed by atoms with Gasteiger partial charge < -0.3 is 9.88 Å². The van der Waals surface area contributed by atoms with Gasteiger partial charge in [0.1, 0.15) is 5.69 Å². The fourth-order valence-electron chi connectivity index (χ4n) is 3.31. The van der Waals surface area contributed by atoms with Crippen molar-refractivity contribution >= 4 is 26.6 Å². The van der Waals surface area contributed by atoms with Crippen molar-refractivity contribution in [3.05, 3.63) is 35.5 Å². The predicted octanol–water partition coefficient (Wildman–Crippen LogP) is 2.91. The summed E-state index contributed by atoms with van der Waals surface area (Å²) in [6.07, 6.45) is 2.38. The zero-order valence-corrected chi connectivity index (χ0v) is 15.0. The van der Waals surface area contributed by atoms with Gasteiger partial charge >= 0.3 is 0 Å². The van der Waals surface area contributed by atoms with E-state index in [0.29, 0.717) is 18.7 Å². The van der Waals surface area contributed by atoms with E-state index >= 15 is 0 Å². The lowest BCUT2D eigenvalue weighted by molar-refractivity contribution is 0.0689. The lowest BCUT2D eigenvalue weighted by Gasteiger charge is -2.27. The number of hydrogen-bond acceptors (Lipinski definition) is 3. The highest BCUT2D eigenvalue weighted by Gasteiger charge is 2.35. The molecule has 0 saturated carbocycles. The smallest absolute Gasteiger partial charge is 0.270 e. The van der Waals surface area contributed by atoms with Crippen molar-refractivity contribution in [2.24, 2.45) is 0 Å². The van der Waals surface area contributed by atoms with Gasteiger partial charge in [-0.2, -0.15) is 0 Å². The first-order chi connectivity index (χ1) is 11.4. The first-order valence-corrected chi connectivity index (χ1v) is 10.3. The van der Waals surface area contributed by atoms with Crippen molar-refractivity contribution < 1.29 is 13.2 Å². The Morgan fingerprint density at radius 3 is 2.79 bits per heavy atom. The van der Waals surface area contributed by atoms with E-state index in [2.05, 4.69) is 11.9 Å². The van der Waals surface area contributed by atoms with Crippen LogP contribution in [-0.4, -0.2) is 48.3 Å². The number of unbranched alkanes of at least 4 members (excludes halogenated alkanes) is 1. The number of benzene rings is 1. The second-order valence-corrected chi connectivity index (χ2v) is 8.91. The van der Waals surface area contributed by atoms with E-state index in [0.717, 1.165) is 29.3 Å². The average Bonchev–Trinajstić information content (AvgIpc) is 3.10. The average molecular weight is 348 g/mol. The molecule has 5 nitrogen and oxygen atoms in total. The van der Waals surface area contributed by atoms with E-state index in [-0.39, 0.29) is 23.5 Å². The Balaban J connectivity index is 1.89. The maximum absolute atomic E-state index is 13.0. The molecule has 1 aliphatic rings. The van der Waals surface area contributed by atoms with E-state index in [1.54, 1.807) is 4.90 Å². The first kappa shape index (κ1) is 17.0. The van der Waals surface area contributed by atoms with Crippen molar-refractivity contribution in [3.8, 4) is 0 Å². The Bertz CT molecular complexity index is 854. The fraction of sp³-hybridized carbons (Fsp3) is 0.500. The lowest BCUT2D eigenvalue weighted by atomic mass is 10.1. The van der Waals surface area contributed by atoms with Crippen LogP contribution >= 0.6 is 0 Å². The summed E-state index contributed by atoms with van der Waals surface area (Å²) in [6.45, 7) is 4.68. The van der Waals surface area contributed by atoms with Crippen LogP contribution in [0.2, 0.25) is 0 Å². The van der Waals surface area contributed by atoms with Gasteiger partial charge in [0.05, 0.1) is 11.5 Å². The highest BCUT2D eigenvalue weighted by atomic mass is 32.2. The van der Waals surface area contributed by atoms with E-state index in [1.807, 2.05) is 31.2 Å². The lowest BCUT2D eigenvalue weighted by Crippen LogP contribution is -2.41. The Kier molecular flexibility index (Phi) is 4.67. The maximum Gasteiger partial charge on any atom is 0.270 e. The molecule has 0 unspecified atom stereocenters. The van der Waals surface area contributed by atoms with Crippen molar-refractivity contribution in [2.75, 3.05) is 18.1 Å². The van der Waals surface area contributed by atoms with Crippen LogP contribution in [0.15, 0.2) is 24.3 Å². The summed E-state index contributed by atoms with van der Waals surface area (Å²) in [4.78, 5) is 18.0. The van der Waals surface area contributed by atoms with Crippen molar-refractivity contribution in [1.29, 1.82) is 0 Å². The van der Waals surface area contributed by atoms with Crippen LogP contribution in [0.25, 0.3) is 10.9 Å². The van der Waals surface area contributed by atoms with Crippen LogP contribution in [0.4, 0.5) is 0 Å². The minimum absolute atomic E-state index is 0.0851. The SMILES string of the molecule is CCCCN(C(=O)c1cc2ccc(C)cc2[nH]1)[C@@H]1CCS(=O)(=O)C1. The van der Waals surface area contributed by atoms with E-state index in [9.17, 15) is 13.2 Å². The fourth-order valence-corrected chi connectivity index (χ4v) is 5.04. The van der Waals surface area contributed by atoms with Gasteiger partial charge in [0.25, 0.3) is 5.91 Å². The number of aryl methyl sites for hydroxylation is 1. The molecule has 0 radical (unpaired) electrons. The Morgan fingerprint density at radius 1 is 1.33 bits per heavy atom. The third kappa shape index (κ3) is 3.48. The largest absolute Gasteiger partial charge is 0.351 e. The molecule has 2 aromatic rings. The highest BCUT2D eigenvalue weighted by Crippen LogP contribution is 2.23. The molecule has 1 aromatic carbocycles. The number of rotatable bonds is 5. The second kappa shape index (κ2) is 6.59. The molecule has 0 spiro atoms. The molecular weight excluding hydrogens is 324 g/mol. The van der Waals surface area contributed by atoms with Gasteiger partial charge in [-0.05, 0) is 37.5 Å². The van der Waals surface area contributed by atoms with E-state index < -0.39 is 9.84 Å². The summed E-state index contributed by atoms with van der Waals surface area (Å²) in [5.41, 5.74) is 2.61. The summed E-state index contributed by atoms with van der Waals surface area (Å²) in [5, 5.41) is 0.999. The van der Waals surface area contributed by atoms with Crippen molar-refractivity contribution in [2.45, 2.75) is 39.2 Å². The van der Waals surface area contributed by atoms with E-state index in [1.165, 1.54) is 0 Å². The summed E-state index contributed by atoms with van der Waals surface area (Å²) in [7, 11) is -3.02. The summed E-state index contributed by atoms with van der Waals surface area (Å²) in [6, 6.07) is 7.68. The number of aromatic amines is 1. The number of amides is 1. The number of H-pyrrole nitrogens is 1. The Morgan fingerprint density at radius 2 is 2.12 bits per heavy atom. The summed E-state index contributed by atoms with van der Waals surface area (Å²) in [5.74, 6) is 0.167. The van der Waals surface area contributed by atoms with Gasteiger partial charge in [0, 0.05) is 23.5 Å². The molecule has 24 heavy (non-hydrogen) atoms. The summed E-state index contributed by atoms with van der Waals surface area (Å²) >= 11 is 0. The van der Waals surface area contributed by atoms with Gasteiger partial charge in [0.15, 0.2) is 9.84 Å². The summed E-state index contributed by atoms with van der Waals surface area (Å²) < 4.78 is 23.6. The standard InChI is InChI=1S/C18H24N2O3S/c1-3-4-8-20(15-7-9-24(22,23)12-15)18(21)17-11-14-6-5-13(2)10-16(14)19-17/h5-6,10-11,15,19H,3-4,7-9,12H2,1-2H3/t15-/m1/s1. The zero-order valence-electron chi connectivity index (χ0n) is 14.2. The van der Waals surface area contributed by atoms with Gasteiger partial charge in [-0.1, -0.05) is 25.5 Å². The number of carbonyl (C=O) groups excluding carboxylic acids is 1. The van der Waals surface area contributed by atoms with Gasteiger partial charge in [-0.15, -0.1) is 0 Å². The van der Waals surface area contributed by atoms with Crippen LogP contribution in [0, 0.1) is 6.92 Å². The topological polar surface area (TPSA) is 70.2 Å². The number of carbonyl (C=O) groups is 1. The molecule has 1 aliphatic heterocycles. The molecule has 6 heteroatoms. The van der Waals surface area contributed by atoms with Crippen molar-refractivity contribution in [3.63, 3.8) is 0 Å². The zero-order chi connectivity index (χ0) is 17.3. The predicted molar refractivity (Wildman–Crippen MR) is 96.0 cm³/mol. The number of aromatic nitrogens is 1. The van der Waals surface area contributed by atoms with Crippen LogP contribution in [-0.2, 0) is 9.84 Å². The molecule has 1 atom stereocenters. The van der Waals surface area contributed by atoms with Crippen LogP contribution in [0.3, 0.4) is 0 Å². The first-order valence-electron chi connectivity index (χ1n) is 8.50. The monoisotopic (exact) mass is 348 g/mol. The quantitative estimate of drug-likeness (QED) is 0.903.